The van der Waals surface area contributed by atoms with Gasteiger partial charge >= 0.3 is 5.97 Å². The highest BCUT2D eigenvalue weighted by Gasteiger charge is 2.53. The van der Waals surface area contributed by atoms with Crippen LogP contribution in [0.25, 0.3) is 0 Å². The molecule has 1 atom stereocenters. The van der Waals surface area contributed by atoms with Crippen molar-refractivity contribution in [2.45, 2.75) is 5.60 Å². The van der Waals surface area contributed by atoms with Gasteiger partial charge in [0.1, 0.15) is 23.1 Å². The Morgan fingerprint density at radius 2 is 1.13 bits per heavy atom. The summed E-state index contributed by atoms with van der Waals surface area (Å²) >= 11 is 0. The first-order valence-corrected chi connectivity index (χ1v) is 12.1. The van der Waals surface area contributed by atoms with Crippen LogP contribution in [-0.4, -0.2) is 5.97 Å². The minimum absolute atomic E-state index is 0.359. The van der Waals surface area contributed by atoms with Crippen LogP contribution >= 0.6 is 0 Å². The summed E-state index contributed by atoms with van der Waals surface area (Å²) in [5, 5.41) is 0. The first-order valence-electron chi connectivity index (χ1n) is 12.1. The number of hydrogen-bond acceptors (Lipinski definition) is 4. The van der Waals surface area contributed by atoms with Crippen molar-refractivity contribution in [2.75, 3.05) is 4.90 Å². The van der Waals surface area contributed by atoms with Crippen molar-refractivity contribution in [3.63, 3.8) is 0 Å². The average molecular weight is 504 g/mol. The maximum Gasteiger partial charge on any atom is 0.340 e. The highest BCUT2D eigenvalue weighted by molar-refractivity contribution is 5.97. The number of ether oxygens (including phenoxy) is 2. The molecule has 0 aliphatic carbocycles. The molecule has 0 saturated carbocycles. The van der Waals surface area contributed by atoms with Gasteiger partial charge in [0, 0.05) is 39.8 Å². The molecule has 0 fully saturated rings. The van der Waals surface area contributed by atoms with Crippen molar-refractivity contribution < 1.29 is 23.0 Å². The zero-order valence-corrected chi connectivity index (χ0v) is 19.9. The molecule has 5 aromatic rings. The summed E-state index contributed by atoms with van der Waals surface area (Å²) in [4.78, 5) is 14.9. The van der Waals surface area contributed by atoms with Crippen LogP contribution < -0.4 is 9.64 Å². The van der Waals surface area contributed by atoms with Crippen LogP contribution in [0.3, 0.4) is 0 Å². The number of halogens is 2. The van der Waals surface area contributed by atoms with Crippen molar-refractivity contribution in [3.05, 3.63) is 149 Å². The summed E-state index contributed by atoms with van der Waals surface area (Å²) in [6, 6.07) is 32.7. The Morgan fingerprint density at radius 3 is 1.82 bits per heavy atom. The van der Waals surface area contributed by atoms with Crippen LogP contribution in [0, 0.1) is 11.6 Å². The minimum atomic E-state index is -1.16. The molecule has 2 aliphatic heterocycles. The lowest BCUT2D eigenvalue weighted by Crippen LogP contribution is -2.33. The Bertz CT molecular complexity index is 1670. The molecule has 0 N–H and O–H groups in total. The number of fused-ring (bicyclic) bond motifs is 6. The van der Waals surface area contributed by atoms with E-state index in [1.165, 1.54) is 24.3 Å². The first-order chi connectivity index (χ1) is 18.5. The molecule has 6 heteroatoms. The number of carbonyl (C=O) groups excluding carboxylic acids is 1. The van der Waals surface area contributed by atoms with Gasteiger partial charge in [-0.3, -0.25) is 0 Å². The second-order valence-corrected chi connectivity index (χ2v) is 9.18. The largest absolute Gasteiger partial charge is 0.456 e. The molecule has 2 heterocycles. The monoisotopic (exact) mass is 503 g/mol. The van der Waals surface area contributed by atoms with Crippen LogP contribution in [-0.2, 0) is 10.3 Å². The van der Waals surface area contributed by atoms with Gasteiger partial charge in [-0.05, 0) is 72.8 Å². The molecule has 1 unspecified atom stereocenters. The van der Waals surface area contributed by atoms with Crippen molar-refractivity contribution in [1.29, 1.82) is 0 Å². The third-order valence-corrected chi connectivity index (χ3v) is 7.03. The van der Waals surface area contributed by atoms with E-state index in [-0.39, 0.29) is 11.6 Å². The molecule has 4 nitrogen and oxygen atoms in total. The average Bonchev–Trinajstić information content (AvgIpc) is 3.24. The van der Waals surface area contributed by atoms with E-state index in [0.29, 0.717) is 39.7 Å². The van der Waals surface area contributed by atoms with Gasteiger partial charge < -0.3 is 14.4 Å². The lowest BCUT2D eigenvalue weighted by atomic mass is 9.77. The molecule has 184 valence electrons. The Hall–Kier alpha value is -4.97. The van der Waals surface area contributed by atoms with Crippen LogP contribution in [0.4, 0.5) is 25.8 Å². The summed E-state index contributed by atoms with van der Waals surface area (Å²) < 4.78 is 40.1. The number of rotatable bonds is 3. The molecular weight excluding hydrogens is 484 g/mol. The number of esters is 1. The van der Waals surface area contributed by atoms with Crippen LogP contribution in [0.5, 0.6) is 11.5 Å². The van der Waals surface area contributed by atoms with Gasteiger partial charge in [0.05, 0.1) is 5.56 Å². The van der Waals surface area contributed by atoms with Crippen LogP contribution in [0.1, 0.15) is 27.0 Å². The van der Waals surface area contributed by atoms with Crippen LogP contribution in [0.15, 0.2) is 115 Å². The fraction of sp³-hybridized carbons (Fsp3) is 0.0312. The summed E-state index contributed by atoms with van der Waals surface area (Å²) in [7, 11) is 0. The molecule has 0 amide bonds. The summed E-state index contributed by atoms with van der Waals surface area (Å²) in [6.45, 7) is 0. The summed E-state index contributed by atoms with van der Waals surface area (Å²) in [6.07, 6.45) is 0. The molecule has 38 heavy (non-hydrogen) atoms. The fourth-order valence-corrected chi connectivity index (χ4v) is 5.38. The quantitative estimate of drug-likeness (QED) is 0.234. The lowest BCUT2D eigenvalue weighted by Gasteiger charge is -2.37. The van der Waals surface area contributed by atoms with Gasteiger partial charge in [0.15, 0.2) is 5.60 Å². The second kappa shape index (κ2) is 8.28. The topological polar surface area (TPSA) is 38.8 Å². The Labute approximate surface area is 217 Å². The number of para-hydroxylation sites is 1. The van der Waals surface area contributed by atoms with Crippen molar-refractivity contribution in [1.82, 2.24) is 0 Å². The molecule has 2 aliphatic rings. The standard InChI is InChI=1S/C32H19F2NO3/c33-20-9-13-22(14-10-20)35(23-15-11-21(34)12-16-23)24-17-18-28-30(19-24)37-29-8-4-3-7-27(29)32(28)26-6-2-1-5-25(26)31(36)38-32/h1-19H. The third-order valence-electron chi connectivity index (χ3n) is 7.03. The highest BCUT2D eigenvalue weighted by atomic mass is 19.1. The molecular formula is C32H19F2NO3. The Balaban J connectivity index is 1.44. The molecule has 1 spiro atoms. The number of benzene rings is 5. The maximum atomic E-state index is 13.8. The second-order valence-electron chi connectivity index (χ2n) is 9.18. The minimum Gasteiger partial charge on any atom is -0.456 e. The van der Waals surface area contributed by atoms with E-state index in [1.807, 2.05) is 65.6 Å². The molecule has 0 saturated heterocycles. The van der Waals surface area contributed by atoms with E-state index in [0.717, 1.165) is 11.1 Å². The first kappa shape index (κ1) is 22.2. The van der Waals surface area contributed by atoms with Gasteiger partial charge in [-0.25, -0.2) is 13.6 Å². The smallest absolute Gasteiger partial charge is 0.340 e. The predicted molar refractivity (Wildman–Crippen MR) is 139 cm³/mol. The Kier molecular flexibility index (Phi) is 4.85. The summed E-state index contributed by atoms with van der Waals surface area (Å²) in [5.74, 6) is -0.0213. The maximum absolute atomic E-state index is 13.8. The van der Waals surface area contributed by atoms with E-state index in [1.54, 1.807) is 30.3 Å². The predicted octanol–water partition coefficient (Wildman–Crippen LogP) is 8.00. The highest BCUT2D eigenvalue weighted by Crippen LogP contribution is 2.56. The van der Waals surface area contributed by atoms with E-state index in [4.69, 9.17) is 9.47 Å². The molecule has 0 bridgehead atoms. The van der Waals surface area contributed by atoms with E-state index >= 15 is 0 Å². The van der Waals surface area contributed by atoms with E-state index < -0.39 is 11.6 Å². The van der Waals surface area contributed by atoms with Gasteiger partial charge in [-0.2, -0.15) is 0 Å². The van der Waals surface area contributed by atoms with Gasteiger partial charge in [0.25, 0.3) is 0 Å². The van der Waals surface area contributed by atoms with Gasteiger partial charge in [0.2, 0.25) is 0 Å². The molecule has 0 radical (unpaired) electrons. The SMILES string of the molecule is O=C1OC2(c3ccccc3Oc3cc(N(c4ccc(F)cc4)c4ccc(F)cc4)ccc32)c2ccccc21. The van der Waals surface area contributed by atoms with Crippen molar-refractivity contribution >= 4 is 23.0 Å². The normalized spacial score (nSPS) is 16.7. The number of hydrogen-bond donors (Lipinski definition) is 0. The van der Waals surface area contributed by atoms with E-state index in [9.17, 15) is 13.6 Å². The van der Waals surface area contributed by atoms with Crippen LogP contribution in [0.2, 0.25) is 0 Å². The lowest BCUT2D eigenvalue weighted by molar-refractivity contribution is 0.0224. The number of nitrogens with zero attached hydrogens (tertiary/aromatic N) is 1. The van der Waals surface area contributed by atoms with Crippen molar-refractivity contribution in [3.8, 4) is 11.5 Å². The zero-order chi connectivity index (χ0) is 25.9. The number of carbonyl (C=O) groups is 1. The molecule has 7 rings (SSSR count). The fourth-order valence-electron chi connectivity index (χ4n) is 5.38. The van der Waals surface area contributed by atoms with Crippen molar-refractivity contribution in [2.24, 2.45) is 0 Å². The van der Waals surface area contributed by atoms with Gasteiger partial charge in [-0.1, -0.05) is 36.4 Å². The molecule has 0 aromatic heterocycles. The van der Waals surface area contributed by atoms with E-state index in [2.05, 4.69) is 0 Å². The number of anilines is 3. The molecule has 5 aromatic carbocycles. The Morgan fingerprint density at radius 1 is 0.579 bits per heavy atom. The third kappa shape index (κ3) is 3.23. The zero-order valence-electron chi connectivity index (χ0n) is 19.9. The van der Waals surface area contributed by atoms with Gasteiger partial charge in [-0.15, -0.1) is 0 Å². The summed E-state index contributed by atoms with van der Waals surface area (Å²) in [5.41, 5.74) is 3.61.